The molecule has 0 aliphatic carbocycles. The fourth-order valence-electron chi connectivity index (χ4n) is 9.01. The van der Waals surface area contributed by atoms with Crippen LogP contribution in [-0.4, -0.2) is 16.4 Å². The van der Waals surface area contributed by atoms with E-state index in [0.717, 1.165) is 35.4 Å². The second-order valence-corrected chi connectivity index (χ2v) is 16.0. The molecule has 4 nitrogen and oxygen atoms in total. The number of aryl methyl sites for hydroxylation is 2. The Balaban J connectivity index is 1.21. The van der Waals surface area contributed by atoms with E-state index in [1.165, 1.54) is 4.90 Å². The van der Waals surface area contributed by atoms with Crippen LogP contribution in [0.5, 0.6) is 0 Å². The van der Waals surface area contributed by atoms with Crippen molar-refractivity contribution in [3.05, 3.63) is 203 Å². The summed E-state index contributed by atoms with van der Waals surface area (Å²) in [4.78, 5) is 31.3. The summed E-state index contributed by atoms with van der Waals surface area (Å²) in [5, 5.41) is 1.14. The van der Waals surface area contributed by atoms with E-state index < -0.39 is 35.3 Å². The molecule has 0 atom stereocenters. The van der Waals surface area contributed by atoms with Crippen LogP contribution in [0.4, 0.5) is 32.0 Å². The number of rotatable bonds is 6. The van der Waals surface area contributed by atoms with Crippen molar-refractivity contribution in [1.82, 2.24) is 4.57 Å². The summed E-state index contributed by atoms with van der Waals surface area (Å²) in [6, 6.07) is 47.8. The van der Waals surface area contributed by atoms with E-state index in [1.807, 2.05) is 83.4 Å². The Morgan fingerprint density at radius 1 is 0.406 bits per heavy atom. The number of carbonyl (C=O) groups is 2. The molecule has 314 valence electrons. The SMILES string of the molecule is Cc1cc(-c2ccc3c(c2)c2cc(-c4cc(C)cc(C(F)(F)F)c4)ccc2n3-c2cccc3c2C(=O)N(c2c(-c4ccccc4)cccc2-c2ccccc2)C3=O)cc(C(F)(F)F)c1. The molecule has 10 heteroatoms. The quantitative estimate of drug-likeness (QED) is 0.123. The molecular weight excluding hydrogens is 823 g/mol. The molecule has 0 bridgehead atoms. The van der Waals surface area contributed by atoms with Crippen LogP contribution in [0.1, 0.15) is 43.0 Å². The summed E-state index contributed by atoms with van der Waals surface area (Å²) in [5.74, 6) is -1.08. The topological polar surface area (TPSA) is 42.3 Å². The maximum Gasteiger partial charge on any atom is 0.416 e. The van der Waals surface area contributed by atoms with E-state index in [0.29, 0.717) is 77.7 Å². The molecule has 10 rings (SSSR count). The molecule has 2 amide bonds. The molecule has 0 N–H and O–H groups in total. The van der Waals surface area contributed by atoms with Crippen LogP contribution in [0.2, 0.25) is 0 Å². The van der Waals surface area contributed by atoms with Gasteiger partial charge in [0.05, 0.1) is 44.7 Å². The van der Waals surface area contributed by atoms with Gasteiger partial charge in [-0.15, -0.1) is 0 Å². The lowest BCUT2D eigenvalue weighted by Crippen LogP contribution is -2.30. The first kappa shape index (κ1) is 40.4. The van der Waals surface area contributed by atoms with Gasteiger partial charge >= 0.3 is 12.4 Å². The molecule has 64 heavy (non-hydrogen) atoms. The van der Waals surface area contributed by atoms with Gasteiger partial charge in [-0.2, -0.15) is 26.3 Å². The number of alkyl halides is 6. The molecule has 0 fully saturated rings. The Hall–Kier alpha value is -7.72. The first-order valence-electron chi connectivity index (χ1n) is 20.4. The molecule has 0 spiro atoms. The number of hydrogen-bond donors (Lipinski definition) is 0. The zero-order valence-electron chi connectivity index (χ0n) is 34.1. The number of halogens is 6. The Kier molecular flexibility index (Phi) is 9.44. The van der Waals surface area contributed by atoms with Gasteiger partial charge in [0.15, 0.2) is 0 Å². The lowest BCUT2D eigenvalue weighted by atomic mass is 9.95. The van der Waals surface area contributed by atoms with Crippen LogP contribution >= 0.6 is 0 Å². The standard InChI is InChI=1S/C54H34F6N2O2/c1-31-23-37(27-39(25-31)53(55,56)57)35-19-21-46-44(29-35)45-30-36(38-24-32(2)26-40(28-38)54(58,59)60)20-22-47(45)61(46)48-18-10-17-43-49(48)52(64)62(51(43)63)50-41(33-11-5-3-6-12-33)15-9-16-42(50)34-13-7-4-8-14-34/h3-30H,1-2H3. The Morgan fingerprint density at radius 2 is 0.859 bits per heavy atom. The van der Waals surface area contributed by atoms with Gasteiger partial charge in [-0.05, 0) is 119 Å². The van der Waals surface area contributed by atoms with Gasteiger partial charge in [-0.3, -0.25) is 9.59 Å². The van der Waals surface area contributed by atoms with Crippen LogP contribution in [-0.2, 0) is 12.4 Å². The predicted molar refractivity (Wildman–Crippen MR) is 240 cm³/mol. The Morgan fingerprint density at radius 3 is 1.33 bits per heavy atom. The van der Waals surface area contributed by atoms with Crippen molar-refractivity contribution in [1.29, 1.82) is 0 Å². The van der Waals surface area contributed by atoms with E-state index >= 15 is 4.79 Å². The molecule has 8 aromatic carbocycles. The summed E-state index contributed by atoms with van der Waals surface area (Å²) in [5.41, 5.74) is 5.97. The number of carbonyl (C=O) groups excluding carboxylic acids is 2. The Bertz CT molecular complexity index is 3190. The third kappa shape index (κ3) is 6.82. The minimum absolute atomic E-state index is 0.142. The molecule has 0 saturated carbocycles. The predicted octanol–water partition coefficient (Wildman–Crippen LogP) is 14.9. The number of nitrogens with zero attached hydrogens (tertiary/aromatic N) is 2. The second-order valence-electron chi connectivity index (χ2n) is 16.0. The van der Waals surface area contributed by atoms with Crippen molar-refractivity contribution in [3.63, 3.8) is 0 Å². The van der Waals surface area contributed by atoms with E-state index in [-0.39, 0.29) is 11.1 Å². The van der Waals surface area contributed by atoms with Crippen molar-refractivity contribution in [3.8, 4) is 50.2 Å². The lowest BCUT2D eigenvalue weighted by Gasteiger charge is -2.23. The van der Waals surface area contributed by atoms with Crippen LogP contribution in [0, 0.1) is 13.8 Å². The summed E-state index contributed by atoms with van der Waals surface area (Å²) < 4.78 is 86.1. The molecule has 1 aromatic heterocycles. The molecule has 2 heterocycles. The smallest absolute Gasteiger partial charge is 0.308 e. The summed E-state index contributed by atoms with van der Waals surface area (Å²) >= 11 is 0. The number of hydrogen-bond acceptors (Lipinski definition) is 2. The van der Waals surface area contributed by atoms with E-state index in [4.69, 9.17) is 0 Å². The minimum Gasteiger partial charge on any atom is -0.308 e. The fourth-order valence-corrected chi connectivity index (χ4v) is 9.01. The number of anilines is 1. The number of fused-ring (bicyclic) bond motifs is 4. The lowest BCUT2D eigenvalue weighted by molar-refractivity contribution is -0.138. The van der Waals surface area contributed by atoms with E-state index in [1.54, 1.807) is 80.6 Å². The maximum absolute atomic E-state index is 15.2. The third-order valence-corrected chi connectivity index (χ3v) is 11.8. The van der Waals surface area contributed by atoms with Crippen LogP contribution in [0.25, 0.3) is 72.0 Å². The number of para-hydroxylation sites is 1. The van der Waals surface area contributed by atoms with Crippen LogP contribution in [0.15, 0.2) is 170 Å². The average Bonchev–Trinajstić information content (AvgIpc) is 3.74. The van der Waals surface area contributed by atoms with Crippen LogP contribution < -0.4 is 4.90 Å². The van der Waals surface area contributed by atoms with Gasteiger partial charge in [0.2, 0.25) is 0 Å². The monoisotopic (exact) mass is 856 g/mol. The highest BCUT2D eigenvalue weighted by Crippen LogP contribution is 2.46. The van der Waals surface area contributed by atoms with Crippen molar-refractivity contribution in [2.75, 3.05) is 4.90 Å². The molecule has 0 unspecified atom stereocenters. The van der Waals surface area contributed by atoms with Crippen molar-refractivity contribution >= 4 is 39.3 Å². The maximum atomic E-state index is 15.2. The van der Waals surface area contributed by atoms with Gasteiger partial charge in [-0.25, -0.2) is 4.90 Å². The zero-order chi connectivity index (χ0) is 44.7. The van der Waals surface area contributed by atoms with E-state index in [9.17, 15) is 31.1 Å². The molecule has 0 radical (unpaired) electrons. The second kappa shape index (κ2) is 15.0. The van der Waals surface area contributed by atoms with Crippen molar-refractivity contribution in [2.45, 2.75) is 26.2 Å². The first-order valence-corrected chi connectivity index (χ1v) is 20.4. The van der Waals surface area contributed by atoms with Gasteiger partial charge in [0, 0.05) is 21.9 Å². The van der Waals surface area contributed by atoms with Crippen molar-refractivity contribution in [2.24, 2.45) is 0 Å². The Labute approximate surface area is 363 Å². The zero-order valence-corrected chi connectivity index (χ0v) is 34.1. The highest BCUT2D eigenvalue weighted by Gasteiger charge is 2.42. The number of amides is 2. The number of aromatic nitrogens is 1. The molecule has 1 aliphatic rings. The van der Waals surface area contributed by atoms with Gasteiger partial charge in [0.1, 0.15) is 0 Å². The van der Waals surface area contributed by atoms with Crippen LogP contribution in [0.3, 0.4) is 0 Å². The molecule has 9 aromatic rings. The third-order valence-electron chi connectivity index (χ3n) is 11.8. The molecular formula is C54H34F6N2O2. The summed E-state index contributed by atoms with van der Waals surface area (Å²) in [7, 11) is 0. The van der Waals surface area contributed by atoms with Gasteiger partial charge < -0.3 is 4.57 Å². The van der Waals surface area contributed by atoms with Crippen molar-refractivity contribution < 1.29 is 35.9 Å². The van der Waals surface area contributed by atoms with Gasteiger partial charge in [-0.1, -0.05) is 109 Å². The highest BCUT2D eigenvalue weighted by atomic mass is 19.4. The first-order chi connectivity index (χ1) is 30.7. The normalized spacial score (nSPS) is 13.0. The van der Waals surface area contributed by atoms with Gasteiger partial charge in [0.25, 0.3) is 11.8 Å². The molecule has 0 saturated heterocycles. The largest absolute Gasteiger partial charge is 0.416 e. The highest BCUT2D eigenvalue weighted by molar-refractivity contribution is 6.37. The number of benzene rings is 8. The minimum atomic E-state index is -4.59. The number of imide groups is 1. The summed E-state index contributed by atoms with van der Waals surface area (Å²) in [6.07, 6.45) is -9.18. The van der Waals surface area contributed by atoms with E-state index in [2.05, 4.69) is 0 Å². The fraction of sp³-hybridized carbons (Fsp3) is 0.0741. The summed E-state index contributed by atoms with van der Waals surface area (Å²) in [6.45, 7) is 3.18. The molecule has 1 aliphatic heterocycles. The average molecular weight is 857 g/mol.